The molecule has 29 heavy (non-hydrogen) atoms. The molecule has 8 nitrogen and oxygen atoms in total. The zero-order valence-corrected chi connectivity index (χ0v) is 16.7. The number of amides is 3. The van der Waals surface area contributed by atoms with E-state index < -0.39 is 29.8 Å². The number of anilines is 2. The van der Waals surface area contributed by atoms with Crippen LogP contribution < -0.4 is 10.2 Å². The van der Waals surface area contributed by atoms with Crippen molar-refractivity contribution in [2.24, 2.45) is 10.3 Å². The van der Waals surface area contributed by atoms with E-state index in [2.05, 4.69) is 15.7 Å². The van der Waals surface area contributed by atoms with Gasteiger partial charge in [-0.1, -0.05) is 40.6 Å². The highest BCUT2D eigenvalue weighted by Crippen LogP contribution is 2.33. The van der Waals surface area contributed by atoms with Crippen LogP contribution in [-0.4, -0.2) is 41.4 Å². The lowest BCUT2D eigenvalue weighted by Crippen LogP contribution is -2.43. The summed E-state index contributed by atoms with van der Waals surface area (Å²) in [5.41, 5.74) is 1.71. The summed E-state index contributed by atoms with van der Waals surface area (Å²) in [7, 11) is 0. The topological polar surface area (TPSA) is 94.4 Å². The predicted molar refractivity (Wildman–Crippen MR) is 108 cm³/mol. The Labute approximate surface area is 176 Å². The molecule has 3 amide bonds. The molecule has 2 atom stereocenters. The zero-order chi connectivity index (χ0) is 20.7. The molecule has 2 aromatic carbocycles. The van der Waals surface area contributed by atoms with Crippen molar-refractivity contribution in [2.75, 3.05) is 16.8 Å². The Kier molecular flexibility index (Phi) is 4.97. The number of rotatable bonds is 4. The first-order chi connectivity index (χ1) is 13.8. The third kappa shape index (κ3) is 3.56. The Hall–Kier alpha value is -2.97. The second kappa shape index (κ2) is 7.46. The van der Waals surface area contributed by atoms with Crippen LogP contribution in [0.5, 0.6) is 0 Å². The lowest BCUT2D eigenvalue weighted by molar-refractivity contribution is -0.123. The van der Waals surface area contributed by atoms with E-state index in [0.29, 0.717) is 21.4 Å². The second-order valence-corrected chi connectivity index (χ2v) is 7.54. The number of nitrogens with zero attached hydrogens (tertiary/aromatic N) is 4. The van der Waals surface area contributed by atoms with Crippen molar-refractivity contribution >= 4 is 52.3 Å². The minimum atomic E-state index is -0.985. The van der Waals surface area contributed by atoms with E-state index in [1.165, 1.54) is 5.01 Å². The highest BCUT2D eigenvalue weighted by molar-refractivity contribution is 6.32. The summed E-state index contributed by atoms with van der Waals surface area (Å²) in [6, 6.07) is 9.65. The van der Waals surface area contributed by atoms with Gasteiger partial charge in [0.25, 0.3) is 11.8 Å². The van der Waals surface area contributed by atoms with Gasteiger partial charge in [0, 0.05) is 15.7 Å². The van der Waals surface area contributed by atoms with Crippen LogP contribution in [0, 0.1) is 6.92 Å². The fourth-order valence-electron chi connectivity index (χ4n) is 3.24. The van der Waals surface area contributed by atoms with Gasteiger partial charge in [0.15, 0.2) is 12.1 Å². The Bertz CT molecular complexity index is 1060. The summed E-state index contributed by atoms with van der Waals surface area (Å²) in [5.74, 6) is -1.41. The molecule has 1 N–H and O–H groups in total. The second-order valence-electron chi connectivity index (χ2n) is 6.70. The van der Waals surface area contributed by atoms with Crippen LogP contribution in [0.15, 0.2) is 52.8 Å². The largest absolute Gasteiger partial charge is 0.324 e. The minimum Gasteiger partial charge on any atom is -0.324 e. The molecule has 2 aliphatic rings. The van der Waals surface area contributed by atoms with Crippen LogP contribution in [-0.2, 0) is 14.4 Å². The van der Waals surface area contributed by atoms with Gasteiger partial charge in [-0.25, -0.2) is 4.90 Å². The molecular formula is C19H15Cl2N5O3. The van der Waals surface area contributed by atoms with Gasteiger partial charge >= 0.3 is 0 Å². The Morgan fingerprint density at radius 2 is 1.93 bits per heavy atom. The van der Waals surface area contributed by atoms with Gasteiger partial charge in [-0.05, 0) is 42.8 Å². The average Bonchev–Trinajstić information content (AvgIpc) is 3.18. The summed E-state index contributed by atoms with van der Waals surface area (Å²) >= 11 is 12.0. The van der Waals surface area contributed by atoms with Gasteiger partial charge in [0.2, 0.25) is 5.91 Å². The van der Waals surface area contributed by atoms with Crippen molar-refractivity contribution in [3.05, 3.63) is 58.1 Å². The number of carbonyl (C=O) groups is 3. The van der Waals surface area contributed by atoms with E-state index in [-0.39, 0.29) is 6.54 Å². The van der Waals surface area contributed by atoms with Gasteiger partial charge in [-0.3, -0.25) is 19.4 Å². The maximum atomic E-state index is 12.9. The number of nitrogens with one attached hydrogen (secondary N) is 1. The van der Waals surface area contributed by atoms with Crippen LogP contribution in [0.4, 0.5) is 11.4 Å². The van der Waals surface area contributed by atoms with Crippen LogP contribution >= 0.6 is 23.2 Å². The number of fused-ring (bicyclic) bond motifs is 1. The molecule has 0 radical (unpaired) electrons. The molecule has 0 saturated carbocycles. The van der Waals surface area contributed by atoms with E-state index in [1.54, 1.807) is 42.5 Å². The molecule has 1 saturated heterocycles. The van der Waals surface area contributed by atoms with Crippen molar-refractivity contribution in [3.63, 3.8) is 0 Å². The van der Waals surface area contributed by atoms with E-state index in [1.807, 2.05) is 6.92 Å². The molecule has 1 fully saturated rings. The Morgan fingerprint density at radius 1 is 1.14 bits per heavy atom. The van der Waals surface area contributed by atoms with Crippen LogP contribution in [0.3, 0.4) is 0 Å². The zero-order valence-electron chi connectivity index (χ0n) is 15.2. The van der Waals surface area contributed by atoms with Crippen molar-refractivity contribution in [3.8, 4) is 0 Å². The number of aryl methyl sites for hydroxylation is 1. The normalized spacial score (nSPS) is 20.4. The number of imide groups is 1. The van der Waals surface area contributed by atoms with Gasteiger partial charge in [-0.2, -0.15) is 5.11 Å². The van der Waals surface area contributed by atoms with Crippen LogP contribution in [0.25, 0.3) is 0 Å². The first-order valence-corrected chi connectivity index (χ1v) is 9.47. The molecule has 2 aliphatic heterocycles. The fourth-order valence-corrected chi connectivity index (χ4v) is 3.61. The van der Waals surface area contributed by atoms with Crippen molar-refractivity contribution < 1.29 is 14.4 Å². The highest BCUT2D eigenvalue weighted by atomic mass is 35.5. The summed E-state index contributed by atoms with van der Waals surface area (Å²) in [5, 5.41) is 12.6. The van der Waals surface area contributed by atoms with Crippen molar-refractivity contribution in [2.45, 2.75) is 19.0 Å². The highest BCUT2D eigenvalue weighted by Gasteiger charge is 2.55. The van der Waals surface area contributed by atoms with Crippen LogP contribution in [0.2, 0.25) is 10.0 Å². The van der Waals surface area contributed by atoms with E-state index >= 15 is 0 Å². The van der Waals surface area contributed by atoms with Gasteiger partial charge in [0.1, 0.15) is 6.54 Å². The molecular weight excluding hydrogens is 417 g/mol. The average molecular weight is 432 g/mol. The number of hydrogen-bond acceptors (Lipinski definition) is 6. The van der Waals surface area contributed by atoms with Crippen LogP contribution in [0.1, 0.15) is 5.56 Å². The summed E-state index contributed by atoms with van der Waals surface area (Å²) in [4.78, 5) is 39.1. The molecule has 0 aromatic heterocycles. The Balaban J connectivity index is 1.50. The lowest BCUT2D eigenvalue weighted by atomic mass is 10.1. The SMILES string of the molecule is Cc1ccc(N2C(=O)[C@@H]3[C@@H](N=NN3CC(=O)Nc3cccc(Cl)c3)C2=O)cc1Cl. The first-order valence-electron chi connectivity index (χ1n) is 8.72. The van der Waals surface area contributed by atoms with Gasteiger partial charge in [0.05, 0.1) is 5.69 Å². The first kappa shape index (κ1) is 19.4. The molecule has 148 valence electrons. The molecule has 0 unspecified atom stereocenters. The number of benzene rings is 2. The number of hydrogen-bond donors (Lipinski definition) is 1. The summed E-state index contributed by atoms with van der Waals surface area (Å²) < 4.78 is 0. The molecule has 2 aromatic rings. The van der Waals surface area contributed by atoms with Gasteiger partial charge < -0.3 is 5.32 Å². The summed E-state index contributed by atoms with van der Waals surface area (Å²) in [6.45, 7) is 1.58. The van der Waals surface area contributed by atoms with E-state index in [9.17, 15) is 14.4 Å². The number of carbonyl (C=O) groups excluding carboxylic acids is 3. The third-order valence-electron chi connectivity index (χ3n) is 4.69. The molecule has 0 bridgehead atoms. The maximum absolute atomic E-state index is 12.9. The minimum absolute atomic E-state index is 0.237. The number of halogens is 2. The smallest absolute Gasteiger partial charge is 0.263 e. The Morgan fingerprint density at radius 3 is 2.66 bits per heavy atom. The van der Waals surface area contributed by atoms with Crippen molar-refractivity contribution in [1.82, 2.24) is 5.01 Å². The molecule has 10 heteroatoms. The fraction of sp³-hybridized carbons (Fsp3) is 0.211. The monoisotopic (exact) mass is 431 g/mol. The molecule has 0 spiro atoms. The van der Waals surface area contributed by atoms with E-state index in [0.717, 1.165) is 10.5 Å². The third-order valence-corrected chi connectivity index (χ3v) is 5.33. The van der Waals surface area contributed by atoms with E-state index in [4.69, 9.17) is 23.2 Å². The summed E-state index contributed by atoms with van der Waals surface area (Å²) in [6.07, 6.45) is 0. The molecule has 0 aliphatic carbocycles. The standard InChI is InChI=1S/C19H15Cl2N5O3/c1-10-5-6-13(8-14(10)21)26-18(28)16-17(19(26)29)25(24-23-16)9-15(27)22-12-4-2-3-11(20)7-12/h2-8,16-17H,9H2,1H3,(H,22,27)/t16-,17+/m1/s1. The quantitative estimate of drug-likeness (QED) is 0.751. The molecule has 2 heterocycles. The molecule has 4 rings (SSSR count). The lowest BCUT2D eigenvalue weighted by Gasteiger charge is -2.20. The van der Waals surface area contributed by atoms with Crippen molar-refractivity contribution in [1.29, 1.82) is 0 Å². The predicted octanol–water partition coefficient (Wildman–Crippen LogP) is 3.23. The maximum Gasteiger partial charge on any atom is 0.263 e. The van der Waals surface area contributed by atoms with Gasteiger partial charge in [-0.15, -0.1) is 0 Å².